The van der Waals surface area contributed by atoms with E-state index in [2.05, 4.69) is 237 Å². The molecule has 0 radical (unpaired) electrons. The Kier molecular flexibility index (Phi) is 10.5. The second-order valence-electron chi connectivity index (χ2n) is 28.0. The summed E-state index contributed by atoms with van der Waals surface area (Å²) in [4.78, 5) is 5.41. The van der Waals surface area contributed by atoms with E-state index in [9.17, 15) is 0 Å². The summed E-state index contributed by atoms with van der Waals surface area (Å²) < 4.78 is 7.70. The van der Waals surface area contributed by atoms with Crippen LogP contribution in [0.1, 0.15) is 188 Å². The Bertz CT molecular complexity index is 3280. The molecule has 0 saturated heterocycles. The van der Waals surface area contributed by atoms with Gasteiger partial charge >= 0.3 is 0 Å². The zero-order chi connectivity index (χ0) is 50.7. The van der Waals surface area contributed by atoms with Crippen LogP contribution in [0.4, 0.5) is 28.4 Å². The minimum Gasteiger partial charge on any atom is -0.468 e. The molecule has 11 rings (SSSR count). The largest absolute Gasteiger partial charge is 0.468 e. The van der Waals surface area contributed by atoms with Crippen molar-refractivity contribution in [3.8, 4) is 11.1 Å². The Hall–Kier alpha value is -5.48. The summed E-state index contributed by atoms with van der Waals surface area (Å²) in [6.07, 6.45) is 4.60. The normalized spacial score (nSPS) is 18.4. The number of fused-ring (bicyclic) bond motifs is 9. The summed E-state index contributed by atoms with van der Waals surface area (Å²) in [5.41, 5.74) is 24.8. The van der Waals surface area contributed by atoms with E-state index in [4.69, 9.17) is 4.42 Å². The van der Waals surface area contributed by atoms with Gasteiger partial charge in [-0.2, -0.15) is 0 Å². The van der Waals surface area contributed by atoms with Gasteiger partial charge in [-0.3, -0.25) is 0 Å². The van der Waals surface area contributed by atoms with Crippen LogP contribution in [0.15, 0.2) is 114 Å². The fraction of sp³-hybridized carbons (Fsp3) is 0.433. The van der Waals surface area contributed by atoms with Gasteiger partial charge in [0.05, 0.1) is 11.3 Å². The maximum absolute atomic E-state index is 7.70. The van der Waals surface area contributed by atoms with Crippen LogP contribution in [0.3, 0.4) is 0 Å². The van der Waals surface area contributed by atoms with E-state index in [0.717, 1.165) is 43.5 Å². The Morgan fingerprint density at radius 1 is 0.521 bits per heavy atom. The third kappa shape index (κ3) is 7.57. The summed E-state index contributed by atoms with van der Waals surface area (Å²) in [5, 5.41) is 1.22. The summed E-state index contributed by atoms with van der Waals surface area (Å²) in [5.74, 6) is 0. The smallest absolute Gasteiger partial charge is 0.297 e. The second kappa shape index (κ2) is 15.5. The zero-order valence-corrected chi connectivity index (χ0v) is 46.3. The van der Waals surface area contributed by atoms with Crippen molar-refractivity contribution < 1.29 is 4.42 Å². The van der Waals surface area contributed by atoms with Crippen molar-refractivity contribution in [3.05, 3.63) is 154 Å². The lowest BCUT2D eigenvalue weighted by atomic mass is 9.35. The molecule has 0 bridgehead atoms. The molecule has 3 nitrogen and oxygen atoms in total. The Morgan fingerprint density at radius 3 is 1.70 bits per heavy atom. The molecule has 0 fully saturated rings. The molecule has 366 valence electrons. The van der Waals surface area contributed by atoms with Gasteiger partial charge in [0.15, 0.2) is 0 Å². The summed E-state index contributed by atoms with van der Waals surface area (Å²) in [7, 11) is 0. The number of furan rings is 1. The number of anilines is 5. The molecule has 0 atom stereocenters. The van der Waals surface area contributed by atoms with Gasteiger partial charge in [-0.05, 0) is 167 Å². The van der Waals surface area contributed by atoms with Gasteiger partial charge in [-0.25, -0.2) is 0 Å². The molecule has 2 aliphatic heterocycles. The van der Waals surface area contributed by atoms with E-state index < -0.39 is 0 Å². The Balaban J connectivity index is 1.28. The summed E-state index contributed by atoms with van der Waals surface area (Å²) in [6.45, 7) is 41.5. The zero-order valence-electron chi connectivity index (χ0n) is 46.3. The predicted molar refractivity (Wildman–Crippen MR) is 306 cm³/mol. The maximum atomic E-state index is 7.70. The van der Waals surface area contributed by atoms with Crippen LogP contribution in [-0.4, -0.2) is 6.71 Å². The van der Waals surface area contributed by atoms with Gasteiger partial charge in [-0.1, -0.05) is 190 Å². The van der Waals surface area contributed by atoms with Gasteiger partial charge in [0.25, 0.3) is 6.71 Å². The van der Waals surface area contributed by atoms with E-state index in [1.807, 2.05) is 0 Å². The van der Waals surface area contributed by atoms with Crippen molar-refractivity contribution in [1.82, 2.24) is 0 Å². The predicted octanol–water partition coefficient (Wildman–Crippen LogP) is 16.6. The fourth-order valence-electron chi connectivity index (χ4n) is 13.1. The maximum Gasteiger partial charge on any atom is 0.297 e. The van der Waals surface area contributed by atoms with Crippen LogP contribution in [0.5, 0.6) is 0 Å². The molecule has 4 aliphatic rings. The van der Waals surface area contributed by atoms with Crippen LogP contribution in [0.2, 0.25) is 0 Å². The second-order valence-corrected chi connectivity index (χ2v) is 28.0. The number of hydrogen-bond donors (Lipinski definition) is 0. The first kappa shape index (κ1) is 47.8. The van der Waals surface area contributed by atoms with Crippen LogP contribution in [0.25, 0.3) is 22.1 Å². The quantitative estimate of drug-likeness (QED) is 0.164. The Labute approximate surface area is 427 Å². The van der Waals surface area contributed by atoms with Crippen molar-refractivity contribution in [3.63, 3.8) is 0 Å². The van der Waals surface area contributed by atoms with Crippen LogP contribution in [0, 0.1) is 0 Å². The minimum atomic E-state index is -0.136. The summed E-state index contributed by atoms with van der Waals surface area (Å²) >= 11 is 0. The number of benzene rings is 6. The Morgan fingerprint density at radius 2 is 1.08 bits per heavy atom. The molecular formula is C67H79BN2O. The highest BCUT2D eigenvalue weighted by Crippen LogP contribution is 2.55. The molecule has 4 heteroatoms. The highest BCUT2D eigenvalue weighted by Gasteiger charge is 2.51. The van der Waals surface area contributed by atoms with Crippen LogP contribution >= 0.6 is 0 Å². The molecule has 6 aromatic carbocycles. The number of rotatable bonds is 4. The van der Waals surface area contributed by atoms with Crippen molar-refractivity contribution in [1.29, 1.82) is 0 Å². The van der Waals surface area contributed by atoms with E-state index in [0.29, 0.717) is 0 Å². The lowest BCUT2D eigenvalue weighted by Gasteiger charge is -2.49. The lowest BCUT2D eigenvalue weighted by molar-refractivity contribution is 0.332. The third-order valence-electron chi connectivity index (χ3n) is 17.9. The van der Waals surface area contributed by atoms with E-state index in [1.54, 1.807) is 0 Å². The highest BCUT2D eigenvalue weighted by atomic mass is 16.3. The summed E-state index contributed by atoms with van der Waals surface area (Å²) in [6, 6.07) is 43.2. The average Bonchev–Trinajstić information content (AvgIpc) is 3.67. The van der Waals surface area contributed by atoms with E-state index >= 15 is 0 Å². The molecule has 7 aromatic rings. The van der Waals surface area contributed by atoms with Crippen molar-refractivity contribution in [2.75, 3.05) is 9.80 Å². The first-order chi connectivity index (χ1) is 33.1. The van der Waals surface area contributed by atoms with Crippen molar-refractivity contribution >= 4 is 62.7 Å². The van der Waals surface area contributed by atoms with E-state index in [1.165, 1.54) is 100 Å². The van der Waals surface area contributed by atoms with Gasteiger partial charge < -0.3 is 14.2 Å². The third-order valence-corrected chi connectivity index (χ3v) is 17.9. The van der Waals surface area contributed by atoms with Crippen molar-refractivity contribution in [2.24, 2.45) is 0 Å². The first-order valence-corrected chi connectivity index (χ1v) is 26.9. The molecule has 0 spiro atoms. The molecule has 1 aromatic heterocycles. The van der Waals surface area contributed by atoms with Gasteiger partial charge in [0, 0.05) is 34.7 Å². The minimum absolute atomic E-state index is 0.00537. The topological polar surface area (TPSA) is 19.6 Å². The lowest BCUT2D eigenvalue weighted by Crippen LogP contribution is -2.62. The number of hydrogen-bond acceptors (Lipinski definition) is 3. The molecule has 3 heterocycles. The first-order valence-electron chi connectivity index (χ1n) is 26.9. The highest BCUT2D eigenvalue weighted by molar-refractivity contribution is 7.00. The van der Waals surface area contributed by atoms with Crippen LogP contribution in [-0.2, 0) is 44.4 Å². The fourth-order valence-corrected chi connectivity index (χ4v) is 13.1. The van der Waals surface area contributed by atoms with Crippen molar-refractivity contribution in [2.45, 2.75) is 188 Å². The molecule has 2 aliphatic carbocycles. The molecular weight excluding hydrogens is 860 g/mol. The van der Waals surface area contributed by atoms with E-state index in [-0.39, 0.29) is 44.6 Å². The standard InChI is InChI=1S/C67H79BN2O/c1-61(2,3)43-25-27-46(28-26-43)70-54-37-45(63(7,8)9)36-53-57(54)68(60-58(70)48-38-50-51(39-55(48)71-60)66(14,15)32-31-65(50,12)13)52-30-29-49-56(67(16,17)34-33-64(49,10)11)59(52)69(53)40-42-23-24-44(62(4,5)6)35-47(42)41-21-19-18-20-22-41/h18-30,35-39H,31-34,40H2,1-17H3. The molecule has 0 amide bonds. The van der Waals surface area contributed by atoms with Gasteiger partial charge in [-0.15, -0.1) is 0 Å². The SMILES string of the molecule is CC(C)(C)c1ccc(N2c3cc(C(C)(C)C)cc4c3B(c3ccc5c(c3N4Cc3ccc(C(C)(C)C)cc3-c3ccccc3)C(C)(C)CCC5(C)C)c3oc4cc5c(cc4c32)C(C)(C)CCC5(C)C)cc1. The molecule has 0 N–H and O–H groups in total. The van der Waals surface area contributed by atoms with Crippen LogP contribution < -0.4 is 26.4 Å². The average molecular weight is 939 g/mol. The molecule has 0 saturated carbocycles. The van der Waals surface area contributed by atoms with Gasteiger partial charge in [0.1, 0.15) is 5.58 Å². The molecule has 71 heavy (non-hydrogen) atoms. The van der Waals surface area contributed by atoms with Gasteiger partial charge in [0.2, 0.25) is 0 Å². The molecule has 0 unspecified atom stereocenters. The monoisotopic (exact) mass is 939 g/mol. The number of nitrogens with zero attached hydrogens (tertiary/aromatic N) is 2.